The molecule has 3 heterocycles. The number of anilines is 1. The molecular weight excluding hydrogens is 250 g/mol. The molecule has 2 aromatic heterocycles. The third-order valence-electron chi connectivity index (χ3n) is 4.01. The van der Waals surface area contributed by atoms with E-state index in [0.717, 1.165) is 42.8 Å². The van der Waals surface area contributed by atoms with Crippen molar-refractivity contribution in [2.75, 3.05) is 24.5 Å². The topological polar surface area (TPSA) is 41.3 Å². The van der Waals surface area contributed by atoms with E-state index in [4.69, 9.17) is 4.42 Å². The van der Waals surface area contributed by atoms with E-state index in [1.54, 1.807) is 6.26 Å². The van der Waals surface area contributed by atoms with E-state index in [1.165, 1.54) is 19.3 Å². The Morgan fingerprint density at radius 2 is 2.35 bits per heavy atom. The van der Waals surface area contributed by atoms with E-state index in [0.29, 0.717) is 6.04 Å². The summed E-state index contributed by atoms with van der Waals surface area (Å²) in [4.78, 5) is 7.01. The summed E-state index contributed by atoms with van der Waals surface area (Å²) in [6, 6.07) is 4.54. The number of furan rings is 1. The molecule has 4 heteroatoms. The van der Waals surface area contributed by atoms with Crippen LogP contribution in [0.3, 0.4) is 0 Å². The molecule has 20 heavy (non-hydrogen) atoms. The number of piperidine rings is 1. The van der Waals surface area contributed by atoms with Crippen LogP contribution in [0.15, 0.2) is 29.0 Å². The number of hydrogen-bond donors (Lipinski definition) is 1. The summed E-state index contributed by atoms with van der Waals surface area (Å²) >= 11 is 0. The summed E-state index contributed by atoms with van der Waals surface area (Å²) in [5.74, 6) is 1.06. The second-order valence-corrected chi connectivity index (χ2v) is 5.56. The average Bonchev–Trinajstić information content (AvgIpc) is 2.96. The van der Waals surface area contributed by atoms with Crippen LogP contribution in [0.5, 0.6) is 0 Å². The van der Waals surface area contributed by atoms with E-state index >= 15 is 0 Å². The van der Waals surface area contributed by atoms with Crippen LogP contribution in [0, 0.1) is 0 Å². The number of nitrogens with zero attached hydrogens (tertiary/aromatic N) is 2. The molecule has 1 fully saturated rings. The van der Waals surface area contributed by atoms with Crippen LogP contribution in [-0.2, 0) is 0 Å². The number of fused-ring (bicyclic) bond motifs is 1. The molecule has 1 aliphatic heterocycles. The summed E-state index contributed by atoms with van der Waals surface area (Å²) in [5.41, 5.74) is 0.924. The van der Waals surface area contributed by atoms with Gasteiger partial charge in [0.15, 0.2) is 0 Å². The van der Waals surface area contributed by atoms with Gasteiger partial charge in [-0.05, 0) is 37.9 Å². The zero-order valence-corrected chi connectivity index (χ0v) is 12.1. The minimum Gasteiger partial charge on any atom is -0.464 e. The molecule has 0 saturated carbocycles. The van der Waals surface area contributed by atoms with Gasteiger partial charge in [0.1, 0.15) is 11.4 Å². The minimum absolute atomic E-state index is 0.583. The highest BCUT2D eigenvalue weighted by molar-refractivity contribution is 5.88. The van der Waals surface area contributed by atoms with E-state index in [1.807, 2.05) is 18.3 Å². The monoisotopic (exact) mass is 273 g/mol. The van der Waals surface area contributed by atoms with Gasteiger partial charge in [-0.1, -0.05) is 13.3 Å². The van der Waals surface area contributed by atoms with Crippen molar-refractivity contribution in [3.8, 4) is 0 Å². The maximum atomic E-state index is 5.49. The Hall–Kier alpha value is -1.55. The summed E-state index contributed by atoms with van der Waals surface area (Å²) in [6.45, 7) is 5.44. The van der Waals surface area contributed by atoms with Crippen LogP contribution < -0.4 is 10.2 Å². The van der Waals surface area contributed by atoms with E-state index in [2.05, 4.69) is 22.1 Å². The van der Waals surface area contributed by atoms with Crippen LogP contribution >= 0.6 is 0 Å². The van der Waals surface area contributed by atoms with Gasteiger partial charge < -0.3 is 14.6 Å². The van der Waals surface area contributed by atoms with Crippen LogP contribution in [0.1, 0.15) is 32.6 Å². The van der Waals surface area contributed by atoms with E-state index in [9.17, 15) is 0 Å². The molecule has 1 N–H and O–H groups in total. The molecule has 0 aromatic carbocycles. The second kappa shape index (κ2) is 6.27. The minimum atomic E-state index is 0.583. The van der Waals surface area contributed by atoms with Crippen molar-refractivity contribution < 1.29 is 4.42 Å². The average molecular weight is 273 g/mol. The molecule has 0 spiro atoms. The third-order valence-corrected chi connectivity index (χ3v) is 4.01. The molecule has 108 valence electrons. The molecule has 0 amide bonds. The zero-order chi connectivity index (χ0) is 13.8. The lowest BCUT2D eigenvalue weighted by atomic mass is 10.0. The van der Waals surface area contributed by atoms with Crippen molar-refractivity contribution >= 4 is 16.8 Å². The highest BCUT2D eigenvalue weighted by atomic mass is 16.3. The number of rotatable bonds is 5. The molecule has 0 bridgehead atoms. The van der Waals surface area contributed by atoms with Gasteiger partial charge in [0.05, 0.1) is 11.6 Å². The Morgan fingerprint density at radius 3 is 3.15 bits per heavy atom. The first-order valence-electron chi connectivity index (χ1n) is 7.69. The maximum absolute atomic E-state index is 5.49. The quantitative estimate of drug-likeness (QED) is 0.908. The van der Waals surface area contributed by atoms with Gasteiger partial charge in [-0.3, -0.25) is 0 Å². The lowest BCUT2D eigenvalue weighted by Gasteiger charge is -2.31. The van der Waals surface area contributed by atoms with Crippen LogP contribution in [-0.4, -0.2) is 30.7 Å². The van der Waals surface area contributed by atoms with Crippen LogP contribution in [0.4, 0.5) is 5.82 Å². The Labute approximate surface area is 120 Å². The maximum Gasteiger partial charge on any atom is 0.139 e. The first kappa shape index (κ1) is 13.4. The van der Waals surface area contributed by atoms with Crippen LogP contribution in [0.25, 0.3) is 11.0 Å². The van der Waals surface area contributed by atoms with Crippen molar-refractivity contribution in [2.24, 2.45) is 0 Å². The number of nitrogens with one attached hydrogen (secondary N) is 1. The molecule has 1 saturated heterocycles. The van der Waals surface area contributed by atoms with Crippen molar-refractivity contribution in [1.29, 1.82) is 0 Å². The second-order valence-electron chi connectivity index (χ2n) is 5.56. The van der Waals surface area contributed by atoms with Crippen molar-refractivity contribution in [3.63, 3.8) is 0 Å². The lowest BCUT2D eigenvalue weighted by Crippen LogP contribution is -2.44. The molecular formula is C16H23N3O. The molecule has 3 rings (SSSR count). The SMILES string of the molecule is CCCN(CC1CCCCN1)c1nccc2occc12. The normalized spacial score (nSPS) is 19.4. The largest absolute Gasteiger partial charge is 0.464 e. The van der Waals surface area contributed by atoms with Crippen molar-refractivity contribution in [2.45, 2.75) is 38.6 Å². The number of hydrogen-bond acceptors (Lipinski definition) is 4. The number of aromatic nitrogens is 1. The van der Waals surface area contributed by atoms with Gasteiger partial charge in [0.25, 0.3) is 0 Å². The van der Waals surface area contributed by atoms with Gasteiger partial charge in [-0.2, -0.15) is 0 Å². The first-order valence-corrected chi connectivity index (χ1v) is 7.69. The van der Waals surface area contributed by atoms with Gasteiger partial charge >= 0.3 is 0 Å². The molecule has 1 atom stereocenters. The fourth-order valence-corrected chi connectivity index (χ4v) is 3.03. The highest BCUT2D eigenvalue weighted by Gasteiger charge is 2.19. The van der Waals surface area contributed by atoms with Crippen molar-refractivity contribution in [1.82, 2.24) is 10.3 Å². The standard InChI is InChI=1S/C16H23N3O/c1-2-10-19(12-13-5-3-4-8-17-13)16-14-7-11-20-15(14)6-9-18-16/h6-7,9,11,13,17H,2-5,8,10,12H2,1H3. The number of pyridine rings is 1. The zero-order valence-electron chi connectivity index (χ0n) is 12.1. The van der Waals surface area contributed by atoms with Gasteiger partial charge in [0.2, 0.25) is 0 Å². The molecule has 0 radical (unpaired) electrons. The van der Waals surface area contributed by atoms with Gasteiger partial charge in [0, 0.05) is 25.3 Å². The smallest absolute Gasteiger partial charge is 0.139 e. The van der Waals surface area contributed by atoms with Crippen LogP contribution in [0.2, 0.25) is 0 Å². The molecule has 2 aromatic rings. The predicted octanol–water partition coefficient (Wildman–Crippen LogP) is 3.19. The Morgan fingerprint density at radius 1 is 1.40 bits per heavy atom. The highest BCUT2D eigenvalue weighted by Crippen LogP contribution is 2.26. The predicted molar refractivity (Wildman–Crippen MR) is 82.2 cm³/mol. The summed E-state index contributed by atoms with van der Waals surface area (Å²) in [7, 11) is 0. The van der Waals surface area contributed by atoms with Gasteiger partial charge in [-0.15, -0.1) is 0 Å². The molecule has 1 aliphatic rings. The first-order chi connectivity index (χ1) is 9.88. The Balaban J connectivity index is 1.83. The molecule has 4 nitrogen and oxygen atoms in total. The van der Waals surface area contributed by atoms with E-state index in [-0.39, 0.29) is 0 Å². The summed E-state index contributed by atoms with van der Waals surface area (Å²) in [6.07, 6.45) is 8.63. The summed E-state index contributed by atoms with van der Waals surface area (Å²) in [5, 5.41) is 4.75. The fourth-order valence-electron chi connectivity index (χ4n) is 3.03. The molecule has 0 aliphatic carbocycles. The Bertz CT molecular complexity index is 545. The third kappa shape index (κ3) is 2.80. The molecule has 1 unspecified atom stereocenters. The summed E-state index contributed by atoms with van der Waals surface area (Å²) < 4.78 is 5.49. The lowest BCUT2D eigenvalue weighted by molar-refractivity contribution is 0.398. The Kier molecular flexibility index (Phi) is 4.21. The fraction of sp³-hybridized carbons (Fsp3) is 0.562. The van der Waals surface area contributed by atoms with E-state index < -0.39 is 0 Å². The van der Waals surface area contributed by atoms with Crippen molar-refractivity contribution in [3.05, 3.63) is 24.6 Å². The van der Waals surface area contributed by atoms with Gasteiger partial charge in [-0.25, -0.2) is 4.98 Å².